The van der Waals surface area contributed by atoms with E-state index in [-0.39, 0.29) is 0 Å². The van der Waals surface area contributed by atoms with Crippen LogP contribution in [0, 0.1) is 0 Å². The summed E-state index contributed by atoms with van der Waals surface area (Å²) in [5, 5.41) is 13.0. The fourth-order valence-electron chi connectivity index (χ4n) is 4.49. The molecule has 1 aliphatic rings. The Morgan fingerprint density at radius 2 is 1.41 bits per heavy atom. The summed E-state index contributed by atoms with van der Waals surface area (Å²) in [6.45, 7) is 9.01. The molecule has 160 valence electrons. The van der Waals surface area contributed by atoms with Gasteiger partial charge in [0.2, 0.25) is 0 Å². The zero-order chi connectivity index (χ0) is 19.6. The van der Waals surface area contributed by atoms with Gasteiger partial charge < -0.3 is 9.59 Å². The highest BCUT2D eigenvalue weighted by molar-refractivity contribution is 4.91. The predicted molar refractivity (Wildman–Crippen MR) is 119 cm³/mol. The SMILES string of the molecule is CCCCCCCCCCCCCCCC=CC1NCC[N+]1(CC)CCO. The summed E-state index contributed by atoms with van der Waals surface area (Å²) >= 11 is 0. The second-order valence-corrected chi connectivity index (χ2v) is 8.56. The quantitative estimate of drug-likeness (QED) is 0.179. The summed E-state index contributed by atoms with van der Waals surface area (Å²) in [4.78, 5) is 0. The monoisotopic (exact) mass is 381 g/mol. The number of rotatable bonds is 18. The summed E-state index contributed by atoms with van der Waals surface area (Å²) in [5.41, 5.74) is 0. The molecule has 1 saturated heterocycles. The molecule has 2 N–H and O–H groups in total. The Hall–Kier alpha value is -0.380. The van der Waals surface area contributed by atoms with Crippen molar-refractivity contribution in [1.82, 2.24) is 5.32 Å². The highest BCUT2D eigenvalue weighted by Gasteiger charge is 2.37. The van der Waals surface area contributed by atoms with Crippen LogP contribution in [0.1, 0.15) is 104 Å². The maximum Gasteiger partial charge on any atom is 0.162 e. The highest BCUT2D eigenvalue weighted by atomic mass is 16.3. The Morgan fingerprint density at radius 1 is 0.852 bits per heavy atom. The van der Waals surface area contributed by atoms with Crippen molar-refractivity contribution in [3.63, 3.8) is 0 Å². The first kappa shape index (κ1) is 24.7. The molecule has 0 bridgehead atoms. The van der Waals surface area contributed by atoms with Crippen LogP contribution in [0.25, 0.3) is 0 Å². The number of hydrogen-bond donors (Lipinski definition) is 2. The smallest absolute Gasteiger partial charge is 0.162 e. The molecule has 27 heavy (non-hydrogen) atoms. The van der Waals surface area contributed by atoms with Crippen LogP contribution in [0.5, 0.6) is 0 Å². The lowest BCUT2D eigenvalue weighted by atomic mass is 10.0. The van der Waals surface area contributed by atoms with Gasteiger partial charge in [0.25, 0.3) is 0 Å². The zero-order valence-electron chi connectivity index (χ0n) is 18.6. The topological polar surface area (TPSA) is 32.3 Å². The van der Waals surface area contributed by atoms with Gasteiger partial charge in [-0.15, -0.1) is 0 Å². The minimum Gasteiger partial charge on any atom is -0.391 e. The molecule has 0 aromatic carbocycles. The van der Waals surface area contributed by atoms with Crippen molar-refractivity contribution in [2.45, 2.75) is 110 Å². The van der Waals surface area contributed by atoms with Gasteiger partial charge in [-0.2, -0.15) is 0 Å². The lowest BCUT2D eigenvalue weighted by Crippen LogP contribution is -2.54. The second-order valence-electron chi connectivity index (χ2n) is 8.56. The Morgan fingerprint density at radius 3 is 1.93 bits per heavy atom. The molecule has 1 fully saturated rings. The van der Waals surface area contributed by atoms with Crippen LogP contribution in [-0.4, -0.2) is 48.5 Å². The minimum atomic E-state index is 0.290. The molecule has 2 unspecified atom stereocenters. The van der Waals surface area contributed by atoms with E-state index >= 15 is 0 Å². The van der Waals surface area contributed by atoms with Gasteiger partial charge in [-0.1, -0.05) is 90.0 Å². The van der Waals surface area contributed by atoms with E-state index in [1.165, 1.54) is 89.9 Å². The molecule has 2 atom stereocenters. The van der Waals surface area contributed by atoms with Crippen LogP contribution < -0.4 is 5.32 Å². The summed E-state index contributed by atoms with van der Waals surface area (Å²) < 4.78 is 1.01. The third kappa shape index (κ3) is 10.7. The third-order valence-electron chi connectivity index (χ3n) is 6.47. The standard InChI is InChI=1S/C24H49N2O/c1-3-5-6-7-8-9-10-11-12-13-14-15-16-17-18-19-24-25-20-21-26(24,4-2)22-23-27/h18-19,24-25,27H,3-17,20-23H2,1-2H3/q+1. The number of likely N-dealkylation sites (N-methyl/N-ethyl adjacent to an activating group) is 1. The molecular formula is C24H49N2O+. The number of aliphatic hydroxyl groups is 1. The van der Waals surface area contributed by atoms with Gasteiger partial charge in [0.15, 0.2) is 6.17 Å². The average Bonchev–Trinajstić information content (AvgIpc) is 3.08. The number of quaternary nitrogens is 1. The Bertz CT molecular complexity index is 358. The Labute approximate surface area is 170 Å². The van der Waals surface area contributed by atoms with Crippen LogP contribution in [0.15, 0.2) is 12.2 Å². The van der Waals surface area contributed by atoms with Crippen LogP contribution >= 0.6 is 0 Å². The lowest BCUT2D eigenvalue weighted by molar-refractivity contribution is -0.932. The summed E-state index contributed by atoms with van der Waals surface area (Å²) in [6.07, 6.45) is 24.8. The van der Waals surface area contributed by atoms with Gasteiger partial charge in [0, 0.05) is 0 Å². The number of aliphatic hydroxyl groups excluding tert-OH is 1. The van der Waals surface area contributed by atoms with E-state index in [1.54, 1.807) is 0 Å². The molecular weight excluding hydrogens is 332 g/mol. The van der Waals surface area contributed by atoms with Crippen molar-refractivity contribution >= 4 is 0 Å². The molecule has 0 spiro atoms. The largest absolute Gasteiger partial charge is 0.391 e. The molecule has 0 amide bonds. The van der Waals surface area contributed by atoms with Crippen molar-refractivity contribution < 1.29 is 9.59 Å². The molecule has 0 radical (unpaired) electrons. The lowest BCUT2D eigenvalue weighted by Gasteiger charge is -2.36. The molecule has 3 nitrogen and oxygen atoms in total. The maximum absolute atomic E-state index is 9.38. The third-order valence-corrected chi connectivity index (χ3v) is 6.47. The van der Waals surface area contributed by atoms with Crippen LogP contribution in [-0.2, 0) is 0 Å². The van der Waals surface area contributed by atoms with E-state index in [9.17, 15) is 5.11 Å². The number of allylic oxidation sites excluding steroid dienone is 1. The van der Waals surface area contributed by atoms with E-state index in [1.807, 2.05) is 0 Å². The molecule has 3 heteroatoms. The van der Waals surface area contributed by atoms with Crippen molar-refractivity contribution in [3.05, 3.63) is 12.2 Å². The zero-order valence-corrected chi connectivity index (χ0v) is 18.6. The van der Waals surface area contributed by atoms with E-state index < -0.39 is 0 Å². The second kappa shape index (κ2) is 16.6. The number of hydrogen-bond acceptors (Lipinski definition) is 2. The maximum atomic E-state index is 9.38. The van der Waals surface area contributed by atoms with E-state index in [0.29, 0.717) is 12.8 Å². The van der Waals surface area contributed by atoms with E-state index in [4.69, 9.17) is 0 Å². The van der Waals surface area contributed by atoms with Crippen LogP contribution in [0.4, 0.5) is 0 Å². The van der Waals surface area contributed by atoms with Crippen molar-refractivity contribution in [2.24, 2.45) is 0 Å². The van der Waals surface area contributed by atoms with Crippen molar-refractivity contribution in [2.75, 3.05) is 32.8 Å². The van der Waals surface area contributed by atoms with Gasteiger partial charge in [-0.25, -0.2) is 0 Å². The van der Waals surface area contributed by atoms with Gasteiger partial charge in [-0.05, 0) is 25.8 Å². The van der Waals surface area contributed by atoms with Gasteiger partial charge in [0.05, 0.1) is 26.2 Å². The van der Waals surface area contributed by atoms with Crippen molar-refractivity contribution in [3.8, 4) is 0 Å². The van der Waals surface area contributed by atoms with E-state index in [0.717, 1.165) is 30.7 Å². The molecule has 0 saturated carbocycles. The number of unbranched alkanes of at least 4 members (excludes halogenated alkanes) is 13. The van der Waals surface area contributed by atoms with Gasteiger partial charge >= 0.3 is 0 Å². The Balaban J connectivity index is 1.93. The molecule has 1 heterocycles. The molecule has 0 aromatic rings. The average molecular weight is 382 g/mol. The molecule has 0 aromatic heterocycles. The normalized spacial score (nSPS) is 22.9. The fourth-order valence-corrected chi connectivity index (χ4v) is 4.49. The number of nitrogens with one attached hydrogen (secondary N) is 1. The highest BCUT2D eigenvalue weighted by Crippen LogP contribution is 2.18. The minimum absolute atomic E-state index is 0.290. The first-order valence-corrected chi connectivity index (χ1v) is 12.2. The first-order valence-electron chi connectivity index (χ1n) is 12.2. The van der Waals surface area contributed by atoms with Crippen molar-refractivity contribution in [1.29, 1.82) is 0 Å². The van der Waals surface area contributed by atoms with E-state index in [2.05, 4.69) is 31.3 Å². The van der Waals surface area contributed by atoms with Gasteiger partial charge in [-0.3, -0.25) is 5.32 Å². The fraction of sp³-hybridized carbons (Fsp3) is 0.917. The molecule has 0 aliphatic carbocycles. The molecule has 1 rings (SSSR count). The first-order chi connectivity index (χ1) is 13.3. The van der Waals surface area contributed by atoms with Crippen LogP contribution in [0.3, 0.4) is 0 Å². The number of nitrogens with zero attached hydrogens (tertiary/aromatic N) is 1. The molecule has 1 aliphatic heterocycles. The van der Waals surface area contributed by atoms with Gasteiger partial charge in [0.1, 0.15) is 6.54 Å². The Kier molecular flexibility index (Phi) is 15.1. The summed E-state index contributed by atoms with van der Waals surface area (Å²) in [6, 6.07) is 0. The summed E-state index contributed by atoms with van der Waals surface area (Å²) in [7, 11) is 0. The summed E-state index contributed by atoms with van der Waals surface area (Å²) in [5.74, 6) is 0. The predicted octanol–water partition coefficient (Wildman–Crippen LogP) is 5.78. The van der Waals surface area contributed by atoms with Crippen LogP contribution in [0.2, 0.25) is 0 Å².